The topological polar surface area (TPSA) is 73.7 Å². The highest BCUT2D eigenvalue weighted by atomic mass is 35.5. The first-order chi connectivity index (χ1) is 10.6. The normalized spacial score (nSPS) is 25.6. The maximum Gasteiger partial charge on any atom is 0.259 e. The number of hydrazone groups is 1. The number of rotatable bonds is 1. The fourth-order valence-electron chi connectivity index (χ4n) is 2.98. The van der Waals surface area contributed by atoms with Crippen molar-refractivity contribution in [2.24, 2.45) is 5.10 Å². The number of nitrogens with zero attached hydrogens (tertiary/aromatic N) is 1. The van der Waals surface area contributed by atoms with E-state index in [-0.39, 0.29) is 5.91 Å². The number of carbonyl (C=O) groups is 1. The van der Waals surface area contributed by atoms with Crippen molar-refractivity contribution in [2.75, 3.05) is 5.32 Å². The van der Waals surface area contributed by atoms with Gasteiger partial charge in [-0.3, -0.25) is 10.2 Å². The van der Waals surface area contributed by atoms with Gasteiger partial charge in [0, 0.05) is 21.8 Å². The monoisotopic (exact) mass is 313 g/mol. The molecule has 22 heavy (non-hydrogen) atoms. The molecule has 1 amide bonds. The highest BCUT2D eigenvalue weighted by molar-refractivity contribution is 6.30. The molecule has 0 saturated heterocycles. The van der Waals surface area contributed by atoms with E-state index in [1.54, 1.807) is 30.3 Å². The number of hydrogen-bond acceptors (Lipinski definition) is 4. The van der Waals surface area contributed by atoms with Crippen molar-refractivity contribution in [3.05, 3.63) is 64.7 Å². The number of amides is 1. The molecule has 1 spiro atoms. The number of benzene rings is 2. The third-order valence-corrected chi connectivity index (χ3v) is 4.37. The van der Waals surface area contributed by atoms with Crippen molar-refractivity contribution in [2.45, 2.75) is 11.6 Å². The molecule has 2 unspecified atom stereocenters. The first kappa shape index (κ1) is 13.3. The van der Waals surface area contributed by atoms with Crippen LogP contribution in [0.4, 0.5) is 5.69 Å². The van der Waals surface area contributed by atoms with Crippen molar-refractivity contribution < 1.29 is 9.90 Å². The minimum absolute atomic E-state index is 0.311. The fraction of sp³-hybridized carbons (Fsp3) is 0.125. The van der Waals surface area contributed by atoms with Gasteiger partial charge in [0.05, 0.1) is 5.71 Å². The summed E-state index contributed by atoms with van der Waals surface area (Å²) in [5, 5.41) is 18.4. The Morgan fingerprint density at radius 3 is 2.64 bits per heavy atom. The summed E-state index contributed by atoms with van der Waals surface area (Å²) in [6.45, 7) is 0. The Morgan fingerprint density at radius 1 is 1.14 bits per heavy atom. The molecule has 2 aromatic rings. The number of para-hydroxylation sites is 1. The summed E-state index contributed by atoms with van der Waals surface area (Å²) in [7, 11) is 0. The lowest BCUT2D eigenvalue weighted by Gasteiger charge is -2.25. The van der Waals surface area contributed by atoms with Crippen LogP contribution in [0.2, 0.25) is 5.02 Å². The van der Waals surface area contributed by atoms with Crippen molar-refractivity contribution in [1.29, 1.82) is 0 Å². The van der Waals surface area contributed by atoms with Gasteiger partial charge in [-0.15, -0.1) is 0 Å². The zero-order valence-electron chi connectivity index (χ0n) is 11.4. The minimum atomic E-state index is -1.27. The van der Waals surface area contributed by atoms with Crippen LogP contribution in [0.1, 0.15) is 11.1 Å². The van der Waals surface area contributed by atoms with Gasteiger partial charge in [0.1, 0.15) is 6.10 Å². The second kappa shape index (κ2) is 4.56. The maximum absolute atomic E-state index is 12.5. The summed E-state index contributed by atoms with van der Waals surface area (Å²) in [5.74, 6) is -0.311. The van der Waals surface area contributed by atoms with E-state index < -0.39 is 11.6 Å². The average Bonchev–Trinajstić information content (AvgIpc) is 3.01. The molecule has 0 aromatic heterocycles. The SMILES string of the molecule is O=C1Nc2ccccc2C12NN=C(c1ccc(Cl)cc1)C2O. The lowest BCUT2D eigenvalue weighted by Crippen LogP contribution is -2.52. The Balaban J connectivity index is 1.78. The first-order valence-electron chi connectivity index (χ1n) is 6.82. The molecular formula is C16H12ClN3O2. The summed E-state index contributed by atoms with van der Waals surface area (Å²) < 4.78 is 0. The first-order valence-corrected chi connectivity index (χ1v) is 7.20. The van der Waals surface area contributed by atoms with E-state index >= 15 is 0 Å². The van der Waals surface area contributed by atoms with E-state index in [4.69, 9.17) is 11.6 Å². The summed E-state index contributed by atoms with van der Waals surface area (Å²) in [5.41, 5.74) is 4.09. The van der Waals surface area contributed by atoms with E-state index in [9.17, 15) is 9.90 Å². The molecule has 0 bridgehead atoms. The van der Waals surface area contributed by atoms with Gasteiger partial charge in [-0.1, -0.05) is 41.9 Å². The number of hydrogen-bond donors (Lipinski definition) is 3. The lowest BCUT2D eigenvalue weighted by atomic mass is 9.83. The van der Waals surface area contributed by atoms with E-state index in [2.05, 4.69) is 15.8 Å². The molecule has 0 aliphatic carbocycles. The predicted molar refractivity (Wildman–Crippen MR) is 83.9 cm³/mol. The van der Waals surface area contributed by atoms with Crippen molar-refractivity contribution >= 4 is 28.9 Å². The van der Waals surface area contributed by atoms with E-state index in [0.29, 0.717) is 22.0 Å². The smallest absolute Gasteiger partial charge is 0.259 e. The van der Waals surface area contributed by atoms with Gasteiger partial charge < -0.3 is 10.4 Å². The summed E-state index contributed by atoms with van der Waals surface area (Å²) >= 11 is 5.88. The Labute approximate surface area is 131 Å². The number of halogens is 1. The van der Waals surface area contributed by atoms with Crippen molar-refractivity contribution in [3.63, 3.8) is 0 Å². The number of aliphatic hydroxyl groups is 1. The second-order valence-corrected chi connectivity index (χ2v) is 5.76. The van der Waals surface area contributed by atoms with Gasteiger partial charge >= 0.3 is 0 Å². The van der Waals surface area contributed by atoms with E-state index in [0.717, 1.165) is 5.56 Å². The zero-order valence-corrected chi connectivity index (χ0v) is 12.1. The largest absolute Gasteiger partial charge is 0.383 e. The zero-order chi connectivity index (χ0) is 15.3. The van der Waals surface area contributed by atoms with Crippen molar-refractivity contribution in [1.82, 2.24) is 5.43 Å². The molecule has 2 aliphatic rings. The highest BCUT2D eigenvalue weighted by Crippen LogP contribution is 2.41. The average molecular weight is 314 g/mol. The molecule has 2 aliphatic heterocycles. The third-order valence-electron chi connectivity index (χ3n) is 4.12. The van der Waals surface area contributed by atoms with Crippen LogP contribution in [0.25, 0.3) is 0 Å². The molecule has 0 saturated carbocycles. The van der Waals surface area contributed by atoms with E-state index in [1.165, 1.54) is 0 Å². The molecule has 3 N–H and O–H groups in total. The number of fused-ring (bicyclic) bond motifs is 2. The van der Waals surface area contributed by atoms with Gasteiger partial charge in [-0.2, -0.15) is 5.10 Å². The number of nitrogens with one attached hydrogen (secondary N) is 2. The lowest BCUT2D eigenvalue weighted by molar-refractivity contribution is -0.124. The van der Waals surface area contributed by atoms with Gasteiger partial charge in [0.2, 0.25) is 0 Å². The number of anilines is 1. The van der Waals surface area contributed by atoms with Crippen molar-refractivity contribution in [3.8, 4) is 0 Å². The van der Waals surface area contributed by atoms with Crippen LogP contribution in [0.3, 0.4) is 0 Å². The Bertz CT molecular complexity index is 803. The van der Waals surface area contributed by atoms with Crippen LogP contribution < -0.4 is 10.7 Å². The van der Waals surface area contributed by atoms with Crippen LogP contribution in [0, 0.1) is 0 Å². The molecule has 4 rings (SSSR count). The second-order valence-electron chi connectivity index (χ2n) is 5.33. The summed E-state index contributed by atoms with van der Waals surface area (Å²) in [6.07, 6.45) is -1.09. The molecule has 2 heterocycles. The molecule has 0 radical (unpaired) electrons. The predicted octanol–water partition coefficient (Wildman–Crippen LogP) is 1.86. The van der Waals surface area contributed by atoms with Gasteiger partial charge in [0.25, 0.3) is 5.91 Å². The quantitative estimate of drug-likeness (QED) is 0.752. The fourth-order valence-corrected chi connectivity index (χ4v) is 3.11. The van der Waals surface area contributed by atoms with Crippen LogP contribution in [-0.2, 0) is 10.3 Å². The van der Waals surface area contributed by atoms with Gasteiger partial charge in [-0.25, -0.2) is 0 Å². The van der Waals surface area contributed by atoms with Crippen LogP contribution in [0.5, 0.6) is 0 Å². The summed E-state index contributed by atoms with van der Waals surface area (Å²) in [4.78, 5) is 12.5. The molecule has 6 heteroatoms. The Kier molecular flexibility index (Phi) is 2.76. The number of aliphatic hydroxyl groups excluding tert-OH is 1. The number of carbonyl (C=O) groups excluding carboxylic acids is 1. The van der Waals surface area contributed by atoms with Crippen LogP contribution in [-0.4, -0.2) is 22.8 Å². The molecule has 2 atom stereocenters. The Morgan fingerprint density at radius 2 is 1.86 bits per heavy atom. The molecule has 5 nitrogen and oxygen atoms in total. The summed E-state index contributed by atoms with van der Waals surface area (Å²) in [6, 6.07) is 14.3. The molecule has 0 fully saturated rings. The highest BCUT2D eigenvalue weighted by Gasteiger charge is 2.57. The minimum Gasteiger partial charge on any atom is -0.383 e. The third kappa shape index (κ3) is 1.63. The van der Waals surface area contributed by atoms with Crippen LogP contribution >= 0.6 is 11.6 Å². The van der Waals surface area contributed by atoms with Gasteiger partial charge in [-0.05, 0) is 18.2 Å². The Hall–Kier alpha value is -2.37. The molecule has 2 aromatic carbocycles. The molecular weight excluding hydrogens is 302 g/mol. The van der Waals surface area contributed by atoms with E-state index in [1.807, 2.05) is 18.2 Å². The maximum atomic E-state index is 12.5. The van der Waals surface area contributed by atoms with Gasteiger partial charge in [0.15, 0.2) is 5.54 Å². The standard InChI is InChI=1S/C16H12ClN3O2/c17-10-7-5-9(6-8-10)13-14(21)16(20-19-13)11-3-1-2-4-12(11)18-15(16)22/h1-8,14,20-21H,(H,18,22). The molecule has 110 valence electrons. The van der Waals surface area contributed by atoms with Crippen LogP contribution in [0.15, 0.2) is 53.6 Å².